The quantitative estimate of drug-likeness (QED) is 0.111. The average molecular weight is 753 g/mol. The number of hydrogen-bond donors (Lipinski definition) is 4. The number of rotatable bonds is 16. The third-order valence-electron chi connectivity index (χ3n) is 12.2. The van der Waals surface area contributed by atoms with Crippen LogP contribution in [0.25, 0.3) is 5.57 Å². The van der Waals surface area contributed by atoms with Crippen molar-refractivity contribution in [3.63, 3.8) is 0 Å². The summed E-state index contributed by atoms with van der Waals surface area (Å²) in [5.41, 5.74) is 3.29. The van der Waals surface area contributed by atoms with E-state index in [0.717, 1.165) is 41.8 Å². The van der Waals surface area contributed by atoms with E-state index in [0.29, 0.717) is 23.5 Å². The number of hydroxylamine groups is 2. The standard InChI is InChI=1S/C43H69N5O6/c1-26(47(11)12)19-29(17-18-37(51)44-32(24-46(9)10)22-42(4,5)6)33-16-14-15-30(40(33)53-13)23-48-39(38(28(3)50)36(25-49)54-48)41(52)45-35-21-31-20-34(27(35)2)43(31,7)8/h14-19,27-28,31-32,34-36,38-39,49-50H,1,20-25H2,2-13H3,(H,44,51)(H,45,52)/p+1/b18-17+,29-19+/t27-,28-,31+,32-,34-,35-,36-,38+,39-/m0/s1. The van der Waals surface area contributed by atoms with Crippen molar-refractivity contribution in [2.75, 3.05) is 48.5 Å². The first kappa shape index (κ1) is 43.5. The molecule has 0 aromatic heterocycles. The molecule has 1 heterocycles. The fourth-order valence-corrected chi connectivity index (χ4v) is 9.18. The number of hydrogen-bond acceptors (Lipinski definition) is 8. The maximum Gasteiger partial charge on any atom is 0.245 e. The number of fused-ring (bicyclic) bond motifs is 2. The van der Waals surface area contributed by atoms with E-state index in [1.165, 1.54) is 6.42 Å². The average Bonchev–Trinajstić information content (AvgIpc) is 3.44. The van der Waals surface area contributed by atoms with Crippen LogP contribution in [-0.4, -0.2) is 121 Å². The largest absolute Gasteiger partial charge is 0.496 e. The summed E-state index contributed by atoms with van der Waals surface area (Å²) in [6.45, 7) is 20.0. The number of allylic oxidation sites excluding steroid dienone is 3. The van der Waals surface area contributed by atoms with Crippen molar-refractivity contribution in [1.82, 2.24) is 25.5 Å². The van der Waals surface area contributed by atoms with Gasteiger partial charge in [0.25, 0.3) is 0 Å². The van der Waals surface area contributed by atoms with E-state index >= 15 is 0 Å². The lowest BCUT2D eigenvalue weighted by molar-refractivity contribution is -0.303. The van der Waals surface area contributed by atoms with Gasteiger partial charge < -0.3 is 40.2 Å². The minimum Gasteiger partial charge on any atom is -0.496 e. The second-order valence-electron chi connectivity index (χ2n) is 18.3. The molecule has 0 unspecified atom stereocenters. The summed E-state index contributed by atoms with van der Waals surface area (Å²) in [6, 6.07) is 5.02. The van der Waals surface area contributed by atoms with Gasteiger partial charge >= 0.3 is 0 Å². The van der Waals surface area contributed by atoms with Crippen LogP contribution in [0.3, 0.4) is 0 Å². The molecule has 11 nitrogen and oxygen atoms in total. The first-order valence-electron chi connectivity index (χ1n) is 19.6. The highest BCUT2D eigenvalue weighted by Gasteiger charge is 2.58. The van der Waals surface area contributed by atoms with Gasteiger partial charge in [0.05, 0.1) is 25.7 Å². The van der Waals surface area contributed by atoms with Crippen LogP contribution in [0.2, 0.25) is 0 Å². The SMILES string of the molecule is C=C(/C=C(\C=C\C(=O)N[C@H](CN(C)C)CC(C)(C)C)c1cccc(CN2[OH+][C@@H](CO)[C@@H]([C@H](C)O)[C@H]2C(=O)N[C@H]2C[C@H]3C[C@@H]([C@@H]2C)C3(C)C)c1OC)N(C)C. The van der Waals surface area contributed by atoms with Crippen LogP contribution in [0.1, 0.15) is 78.9 Å². The second kappa shape index (κ2) is 17.7. The number of carbonyl (C=O) groups is 2. The number of nitrogens with zero attached hydrogens (tertiary/aromatic N) is 3. The Balaban J connectivity index is 1.65. The molecule has 302 valence electrons. The van der Waals surface area contributed by atoms with Crippen molar-refractivity contribution >= 4 is 17.4 Å². The van der Waals surface area contributed by atoms with Gasteiger partial charge in [-0.25, -0.2) is 0 Å². The van der Waals surface area contributed by atoms with Crippen molar-refractivity contribution in [2.24, 2.45) is 34.5 Å². The van der Waals surface area contributed by atoms with Crippen molar-refractivity contribution < 1.29 is 29.4 Å². The molecular weight excluding hydrogens is 683 g/mol. The molecule has 3 saturated carbocycles. The molecule has 0 spiro atoms. The van der Waals surface area contributed by atoms with Gasteiger partial charge in [0, 0.05) is 55.6 Å². The Hall–Kier alpha value is -3.22. The van der Waals surface area contributed by atoms with E-state index in [-0.39, 0.29) is 47.9 Å². The summed E-state index contributed by atoms with van der Waals surface area (Å²) in [5.74, 6) is 1.07. The number of para-hydroxylation sites is 1. The van der Waals surface area contributed by atoms with Gasteiger partial charge in [-0.3, -0.25) is 9.59 Å². The van der Waals surface area contributed by atoms with Gasteiger partial charge in [-0.2, -0.15) is 0 Å². The van der Waals surface area contributed by atoms with E-state index in [4.69, 9.17) is 9.57 Å². The molecule has 4 fully saturated rings. The molecule has 5 N–H and O–H groups in total. The number of amides is 2. The summed E-state index contributed by atoms with van der Waals surface area (Å²) in [6.07, 6.45) is 6.71. The van der Waals surface area contributed by atoms with E-state index in [1.54, 1.807) is 31.2 Å². The Morgan fingerprint density at radius 2 is 1.85 bits per heavy atom. The van der Waals surface area contributed by atoms with Crippen LogP contribution in [-0.2, 0) is 16.1 Å². The molecule has 1 aromatic carbocycles. The van der Waals surface area contributed by atoms with Gasteiger partial charge in [0.15, 0.2) is 6.04 Å². The molecule has 1 aliphatic heterocycles. The van der Waals surface area contributed by atoms with Gasteiger partial charge in [0.2, 0.25) is 17.9 Å². The first-order valence-corrected chi connectivity index (χ1v) is 19.6. The van der Waals surface area contributed by atoms with Gasteiger partial charge in [-0.15, -0.1) is 0 Å². The number of ether oxygens (including phenoxy) is 1. The van der Waals surface area contributed by atoms with E-state index in [9.17, 15) is 19.8 Å². The predicted octanol–water partition coefficient (Wildman–Crippen LogP) is 4.36. The smallest absolute Gasteiger partial charge is 0.245 e. The Morgan fingerprint density at radius 1 is 1.17 bits per heavy atom. The molecule has 11 heteroatoms. The normalized spacial score (nSPS) is 28.1. The number of carbonyl (C=O) groups excluding carboxylic acids is 2. The molecule has 9 atom stereocenters. The topological polar surface area (TPSA) is 130 Å². The Labute approximate surface area is 324 Å². The third-order valence-corrected chi connectivity index (χ3v) is 12.2. The van der Waals surface area contributed by atoms with E-state index < -0.39 is 24.2 Å². The number of benzene rings is 1. The molecule has 0 radical (unpaired) electrons. The third kappa shape index (κ3) is 10.1. The molecule has 3 aliphatic carbocycles. The number of aliphatic hydroxyl groups excluding tert-OH is 2. The molecule has 4 aliphatic rings. The fourth-order valence-electron chi connectivity index (χ4n) is 9.18. The monoisotopic (exact) mass is 753 g/mol. The summed E-state index contributed by atoms with van der Waals surface area (Å²) < 4.78 is 6.08. The summed E-state index contributed by atoms with van der Waals surface area (Å²) >= 11 is 0. The number of methoxy groups -OCH3 is 1. The minimum absolute atomic E-state index is 0.0272. The number of aliphatic hydroxyl groups is 3. The van der Waals surface area contributed by atoms with Gasteiger partial charge in [-0.1, -0.05) is 71.4 Å². The summed E-state index contributed by atoms with van der Waals surface area (Å²) in [7, 11) is 9.43. The van der Waals surface area contributed by atoms with Crippen molar-refractivity contribution in [3.05, 3.63) is 59.8 Å². The van der Waals surface area contributed by atoms with Crippen LogP contribution in [0, 0.1) is 34.5 Å². The highest BCUT2D eigenvalue weighted by molar-refractivity contribution is 5.92. The Morgan fingerprint density at radius 3 is 2.39 bits per heavy atom. The Kier molecular flexibility index (Phi) is 14.3. The zero-order valence-electron chi connectivity index (χ0n) is 35.0. The van der Waals surface area contributed by atoms with Crippen molar-refractivity contribution in [1.29, 1.82) is 0 Å². The van der Waals surface area contributed by atoms with Gasteiger partial charge in [-0.05, 0) is 86.6 Å². The molecule has 2 bridgehead atoms. The molecule has 5 rings (SSSR count). The molecule has 54 heavy (non-hydrogen) atoms. The maximum atomic E-state index is 14.3. The molecule has 2 amide bonds. The van der Waals surface area contributed by atoms with Crippen LogP contribution in [0.4, 0.5) is 0 Å². The van der Waals surface area contributed by atoms with Crippen LogP contribution >= 0.6 is 0 Å². The summed E-state index contributed by atoms with van der Waals surface area (Å²) in [5, 5.41) is 29.6. The van der Waals surface area contributed by atoms with E-state index in [2.05, 4.69) is 63.7 Å². The zero-order chi connectivity index (χ0) is 40.3. The lowest BCUT2D eigenvalue weighted by atomic mass is 9.45. The predicted molar refractivity (Wildman–Crippen MR) is 216 cm³/mol. The highest BCUT2D eigenvalue weighted by atomic mass is 16.7. The first-order chi connectivity index (χ1) is 25.2. The molecule has 1 aromatic rings. The van der Waals surface area contributed by atoms with Crippen molar-refractivity contribution in [2.45, 2.75) is 105 Å². The maximum absolute atomic E-state index is 14.3. The minimum atomic E-state index is -0.875. The van der Waals surface area contributed by atoms with Crippen LogP contribution in [0.15, 0.2) is 48.7 Å². The molecular formula is C43H70N5O6+. The summed E-state index contributed by atoms with van der Waals surface area (Å²) in [4.78, 5) is 36.5. The highest BCUT2D eigenvalue weighted by Crippen LogP contribution is 2.61. The van der Waals surface area contributed by atoms with Crippen LogP contribution in [0.5, 0.6) is 5.75 Å². The Bertz CT molecular complexity index is 1540. The fraction of sp³-hybridized carbons (Fsp3) is 0.674. The van der Waals surface area contributed by atoms with Crippen LogP contribution < -0.4 is 15.4 Å². The van der Waals surface area contributed by atoms with E-state index in [1.807, 2.05) is 57.4 Å². The lowest BCUT2D eigenvalue weighted by Gasteiger charge is -2.62. The van der Waals surface area contributed by atoms with Gasteiger partial charge in [0.1, 0.15) is 12.4 Å². The zero-order valence-corrected chi connectivity index (χ0v) is 35.0. The number of likely N-dealkylation sites (N-methyl/N-ethyl adjacent to an activating group) is 2. The number of nitrogens with one attached hydrogen (secondary N) is 2. The molecule has 1 saturated heterocycles. The lowest BCUT2D eigenvalue weighted by Crippen LogP contribution is -2.62. The second-order valence-corrected chi connectivity index (χ2v) is 18.3. The van der Waals surface area contributed by atoms with Crippen molar-refractivity contribution in [3.8, 4) is 5.75 Å².